The minimum absolute atomic E-state index is 0.279. The first-order chi connectivity index (χ1) is 11.3. The van der Waals surface area contributed by atoms with Crippen molar-refractivity contribution in [2.24, 2.45) is 0 Å². The van der Waals surface area contributed by atoms with E-state index in [9.17, 15) is 4.39 Å². The number of hydrogen-bond donors (Lipinski definition) is 0. The molecule has 0 aliphatic heterocycles. The molecule has 3 heterocycles. The number of pyridine rings is 1. The zero-order chi connectivity index (χ0) is 15.6. The Balaban J connectivity index is 1.57. The van der Waals surface area contributed by atoms with Crippen molar-refractivity contribution in [2.75, 3.05) is 0 Å². The number of aromatic nitrogens is 5. The van der Waals surface area contributed by atoms with Gasteiger partial charge in [-0.2, -0.15) is 9.61 Å². The molecule has 3 aromatic heterocycles. The van der Waals surface area contributed by atoms with Gasteiger partial charge in [-0.25, -0.2) is 4.39 Å². The number of ether oxygens (including phenoxy) is 1. The first-order valence-corrected chi connectivity index (χ1v) is 7.62. The predicted octanol–water partition coefficient (Wildman–Crippen LogP) is 2.97. The Morgan fingerprint density at radius 1 is 1.09 bits per heavy atom. The van der Waals surface area contributed by atoms with Crippen LogP contribution in [-0.4, -0.2) is 24.8 Å². The summed E-state index contributed by atoms with van der Waals surface area (Å²) in [5.41, 5.74) is 0.705. The molecule has 0 aliphatic carbocycles. The van der Waals surface area contributed by atoms with Crippen molar-refractivity contribution in [2.45, 2.75) is 6.61 Å². The van der Waals surface area contributed by atoms with Gasteiger partial charge in [-0.15, -0.1) is 10.2 Å². The molecule has 0 fully saturated rings. The van der Waals surface area contributed by atoms with E-state index in [-0.39, 0.29) is 12.4 Å². The molecule has 1 aromatic carbocycles. The summed E-state index contributed by atoms with van der Waals surface area (Å²) in [6.07, 6.45) is 1.70. The number of nitrogens with zero attached hydrogens (tertiary/aromatic N) is 5. The summed E-state index contributed by atoms with van der Waals surface area (Å²) in [7, 11) is 0. The second-order valence-corrected chi connectivity index (χ2v) is 5.71. The maximum atomic E-state index is 12.9. The molecular formula is C15H10FN5OS. The summed E-state index contributed by atoms with van der Waals surface area (Å²) < 4.78 is 20.1. The summed E-state index contributed by atoms with van der Waals surface area (Å²) >= 11 is 1.39. The van der Waals surface area contributed by atoms with Crippen molar-refractivity contribution in [3.05, 3.63) is 59.5 Å². The molecule has 4 aromatic rings. The summed E-state index contributed by atoms with van der Waals surface area (Å²) in [5, 5.41) is 13.4. The van der Waals surface area contributed by atoms with Crippen molar-refractivity contribution < 1.29 is 9.13 Å². The van der Waals surface area contributed by atoms with E-state index in [1.165, 1.54) is 23.5 Å². The molecule has 0 bridgehead atoms. The Labute approximate surface area is 134 Å². The van der Waals surface area contributed by atoms with E-state index in [1.807, 2.05) is 18.2 Å². The van der Waals surface area contributed by atoms with Crippen molar-refractivity contribution in [3.8, 4) is 17.3 Å². The lowest BCUT2D eigenvalue weighted by Crippen LogP contribution is -1.98. The maximum absolute atomic E-state index is 12.9. The van der Waals surface area contributed by atoms with Crippen LogP contribution in [0.15, 0.2) is 48.7 Å². The molecule has 0 unspecified atom stereocenters. The Kier molecular flexibility index (Phi) is 3.43. The normalized spacial score (nSPS) is 11.0. The highest BCUT2D eigenvalue weighted by molar-refractivity contribution is 7.16. The molecule has 0 N–H and O–H groups in total. The van der Waals surface area contributed by atoms with E-state index in [0.29, 0.717) is 22.2 Å². The molecule has 8 heteroatoms. The SMILES string of the molecule is Fc1ccc(OCc2nn3c(-c4ccccn4)nnc3s2)cc1. The van der Waals surface area contributed by atoms with Gasteiger partial charge in [0.05, 0.1) is 0 Å². The van der Waals surface area contributed by atoms with Crippen LogP contribution < -0.4 is 4.74 Å². The highest BCUT2D eigenvalue weighted by atomic mass is 32.1. The standard InChI is InChI=1S/C15H10FN5OS/c16-10-4-6-11(7-5-10)22-9-13-20-21-14(18-19-15(21)23-13)12-3-1-2-8-17-12/h1-8H,9H2. The van der Waals surface area contributed by atoms with Gasteiger partial charge in [0.1, 0.15) is 23.9 Å². The van der Waals surface area contributed by atoms with Gasteiger partial charge in [0, 0.05) is 6.20 Å². The van der Waals surface area contributed by atoms with Gasteiger partial charge in [-0.3, -0.25) is 4.98 Å². The zero-order valence-corrected chi connectivity index (χ0v) is 12.6. The molecule has 0 saturated heterocycles. The Morgan fingerprint density at radius 3 is 2.74 bits per heavy atom. The van der Waals surface area contributed by atoms with E-state index >= 15 is 0 Å². The van der Waals surface area contributed by atoms with Crippen molar-refractivity contribution in [1.82, 2.24) is 24.8 Å². The minimum atomic E-state index is -0.295. The van der Waals surface area contributed by atoms with Crippen molar-refractivity contribution >= 4 is 16.3 Å². The first kappa shape index (κ1) is 13.8. The topological polar surface area (TPSA) is 65.2 Å². The second kappa shape index (κ2) is 5.73. The zero-order valence-electron chi connectivity index (χ0n) is 11.8. The van der Waals surface area contributed by atoms with Crippen molar-refractivity contribution in [3.63, 3.8) is 0 Å². The van der Waals surface area contributed by atoms with Crippen LogP contribution in [0.4, 0.5) is 4.39 Å². The lowest BCUT2D eigenvalue weighted by molar-refractivity contribution is 0.303. The fraction of sp³-hybridized carbons (Fsp3) is 0.0667. The lowest BCUT2D eigenvalue weighted by Gasteiger charge is -2.02. The third-order valence-corrected chi connectivity index (χ3v) is 3.97. The molecule has 6 nitrogen and oxygen atoms in total. The Bertz CT molecular complexity index is 936. The van der Waals surface area contributed by atoms with Crippen LogP contribution in [-0.2, 0) is 6.61 Å². The van der Waals surface area contributed by atoms with E-state index in [2.05, 4.69) is 20.3 Å². The van der Waals surface area contributed by atoms with Crippen LogP contribution >= 0.6 is 11.3 Å². The quantitative estimate of drug-likeness (QED) is 0.576. The monoisotopic (exact) mass is 327 g/mol. The average Bonchev–Trinajstić information content (AvgIpc) is 3.15. The minimum Gasteiger partial charge on any atom is -0.486 e. The van der Waals surface area contributed by atoms with E-state index in [0.717, 1.165) is 5.01 Å². The Hall–Kier alpha value is -2.87. The predicted molar refractivity (Wildman–Crippen MR) is 82.6 cm³/mol. The smallest absolute Gasteiger partial charge is 0.235 e. The van der Waals surface area contributed by atoms with Crippen LogP contribution in [0.2, 0.25) is 0 Å². The largest absolute Gasteiger partial charge is 0.486 e. The van der Waals surface area contributed by atoms with Crippen LogP contribution in [0.25, 0.3) is 16.5 Å². The molecule has 0 radical (unpaired) electrons. The first-order valence-electron chi connectivity index (χ1n) is 6.80. The van der Waals surface area contributed by atoms with Gasteiger partial charge < -0.3 is 4.74 Å². The molecule has 0 spiro atoms. The van der Waals surface area contributed by atoms with Gasteiger partial charge in [0.2, 0.25) is 10.8 Å². The summed E-state index contributed by atoms with van der Waals surface area (Å²) in [6, 6.07) is 11.4. The fourth-order valence-electron chi connectivity index (χ4n) is 2.05. The van der Waals surface area contributed by atoms with Gasteiger partial charge in [-0.1, -0.05) is 17.4 Å². The van der Waals surface area contributed by atoms with E-state index in [4.69, 9.17) is 4.74 Å². The molecule has 0 amide bonds. The maximum Gasteiger partial charge on any atom is 0.235 e. The van der Waals surface area contributed by atoms with Gasteiger partial charge in [-0.05, 0) is 36.4 Å². The number of halogens is 1. The third kappa shape index (κ3) is 2.76. The van der Waals surface area contributed by atoms with E-state index < -0.39 is 0 Å². The van der Waals surface area contributed by atoms with Crippen LogP contribution in [0.3, 0.4) is 0 Å². The number of hydrogen-bond acceptors (Lipinski definition) is 6. The third-order valence-electron chi connectivity index (χ3n) is 3.10. The molecule has 0 atom stereocenters. The lowest BCUT2D eigenvalue weighted by atomic mass is 10.3. The number of benzene rings is 1. The van der Waals surface area contributed by atoms with Gasteiger partial charge >= 0.3 is 0 Å². The summed E-state index contributed by atoms with van der Waals surface area (Å²) in [4.78, 5) is 4.93. The highest BCUT2D eigenvalue weighted by Gasteiger charge is 2.14. The molecular weight excluding hydrogens is 317 g/mol. The summed E-state index contributed by atoms with van der Waals surface area (Å²) in [5.74, 6) is 0.878. The van der Waals surface area contributed by atoms with E-state index in [1.54, 1.807) is 22.8 Å². The molecule has 0 aliphatic rings. The number of fused-ring (bicyclic) bond motifs is 1. The Morgan fingerprint density at radius 2 is 1.96 bits per heavy atom. The molecule has 23 heavy (non-hydrogen) atoms. The summed E-state index contributed by atoms with van der Waals surface area (Å²) in [6.45, 7) is 0.279. The number of rotatable bonds is 4. The second-order valence-electron chi connectivity index (χ2n) is 4.67. The van der Waals surface area contributed by atoms with Crippen molar-refractivity contribution in [1.29, 1.82) is 0 Å². The van der Waals surface area contributed by atoms with Gasteiger partial charge in [0.15, 0.2) is 5.01 Å². The molecule has 114 valence electrons. The highest BCUT2D eigenvalue weighted by Crippen LogP contribution is 2.21. The molecule has 4 rings (SSSR count). The average molecular weight is 327 g/mol. The molecule has 0 saturated carbocycles. The van der Waals surface area contributed by atoms with Crippen LogP contribution in [0, 0.1) is 5.82 Å². The van der Waals surface area contributed by atoms with Crippen LogP contribution in [0.5, 0.6) is 5.75 Å². The fourth-order valence-corrected chi connectivity index (χ4v) is 2.79. The van der Waals surface area contributed by atoms with Crippen LogP contribution in [0.1, 0.15) is 5.01 Å². The van der Waals surface area contributed by atoms with Gasteiger partial charge in [0.25, 0.3) is 0 Å².